The summed E-state index contributed by atoms with van der Waals surface area (Å²) in [5.41, 5.74) is 1.34. The zero-order chi connectivity index (χ0) is 18.8. The molecule has 7 heteroatoms. The molecule has 0 aliphatic carbocycles. The first-order chi connectivity index (χ1) is 12.6. The first-order valence-electron chi connectivity index (χ1n) is 7.57. The second kappa shape index (κ2) is 9.97. The van der Waals surface area contributed by atoms with Crippen LogP contribution < -0.4 is 14.8 Å². The normalized spacial score (nSPS) is 10.2. The lowest BCUT2D eigenvalue weighted by Gasteiger charge is -2.09. The van der Waals surface area contributed by atoms with Crippen LogP contribution in [0.3, 0.4) is 0 Å². The van der Waals surface area contributed by atoms with Crippen molar-refractivity contribution in [3.05, 3.63) is 53.1 Å². The molecule has 2 rings (SSSR count). The van der Waals surface area contributed by atoms with E-state index in [0.29, 0.717) is 27.8 Å². The quantitative estimate of drug-likeness (QED) is 0.438. The van der Waals surface area contributed by atoms with Gasteiger partial charge < -0.3 is 19.6 Å². The van der Waals surface area contributed by atoms with Crippen LogP contribution in [-0.2, 0) is 9.63 Å². The van der Waals surface area contributed by atoms with Crippen molar-refractivity contribution in [2.45, 2.75) is 0 Å². The van der Waals surface area contributed by atoms with Gasteiger partial charge in [-0.1, -0.05) is 22.7 Å². The van der Waals surface area contributed by atoms with Crippen molar-refractivity contribution in [2.75, 3.05) is 25.6 Å². The predicted molar refractivity (Wildman–Crippen MR) is 101 cm³/mol. The summed E-state index contributed by atoms with van der Waals surface area (Å²) in [6, 6.07) is 11.9. The zero-order valence-electron chi connectivity index (χ0n) is 14.1. The van der Waals surface area contributed by atoms with E-state index in [0.717, 1.165) is 0 Å². The van der Waals surface area contributed by atoms with Crippen LogP contribution in [0.1, 0.15) is 5.56 Å². The number of benzene rings is 2. The lowest BCUT2D eigenvalue weighted by atomic mass is 10.2. The van der Waals surface area contributed by atoms with Gasteiger partial charge in [-0.05, 0) is 42.5 Å². The highest BCUT2D eigenvalue weighted by Gasteiger charge is 2.05. The number of hydrogen-bond acceptors (Lipinski definition) is 5. The summed E-state index contributed by atoms with van der Waals surface area (Å²) in [5, 5.41) is 7.03. The van der Waals surface area contributed by atoms with Gasteiger partial charge in [0.1, 0.15) is 6.61 Å². The van der Waals surface area contributed by atoms with Crippen LogP contribution in [0.15, 0.2) is 47.6 Å². The molecule has 2 aromatic rings. The van der Waals surface area contributed by atoms with Gasteiger partial charge in [0, 0.05) is 16.3 Å². The Labute approximate surface area is 156 Å². The van der Waals surface area contributed by atoms with E-state index >= 15 is 0 Å². The number of terminal acetylenes is 1. The number of hydrogen-bond donors (Lipinski definition) is 1. The third-order valence-electron chi connectivity index (χ3n) is 3.10. The average molecular weight is 373 g/mol. The Morgan fingerprint density at radius 3 is 2.73 bits per heavy atom. The van der Waals surface area contributed by atoms with E-state index in [1.165, 1.54) is 13.3 Å². The largest absolute Gasteiger partial charge is 0.493 e. The number of amides is 1. The van der Waals surface area contributed by atoms with Gasteiger partial charge in [0.05, 0.1) is 13.3 Å². The molecule has 0 heterocycles. The van der Waals surface area contributed by atoms with Crippen LogP contribution in [-0.4, -0.2) is 32.4 Å². The number of ether oxygens (including phenoxy) is 2. The Kier molecular flexibility index (Phi) is 7.34. The molecule has 0 aliphatic rings. The fraction of sp³-hybridized carbons (Fsp3) is 0.158. The summed E-state index contributed by atoms with van der Waals surface area (Å²) in [6.07, 6.45) is 6.63. The van der Waals surface area contributed by atoms with Crippen LogP contribution in [0.25, 0.3) is 0 Å². The second-order valence-corrected chi connectivity index (χ2v) is 5.40. The molecule has 2 aromatic carbocycles. The van der Waals surface area contributed by atoms with E-state index in [1.807, 2.05) is 0 Å². The van der Waals surface area contributed by atoms with Gasteiger partial charge in [0.25, 0.3) is 5.91 Å². The standard InChI is InChI=1S/C19H17ClN2O4/c1-3-10-25-17-9-4-14(11-18(17)24-2)12-21-26-13-19(23)22-16-7-5-15(20)6-8-16/h1,4-9,11-12H,10,13H2,2H3,(H,22,23)/b21-12+. The fourth-order valence-corrected chi connectivity index (χ4v) is 2.05. The number of oxime groups is 1. The highest BCUT2D eigenvalue weighted by molar-refractivity contribution is 6.30. The maximum absolute atomic E-state index is 11.8. The Morgan fingerprint density at radius 2 is 2.04 bits per heavy atom. The molecule has 0 atom stereocenters. The minimum absolute atomic E-state index is 0.148. The van der Waals surface area contributed by atoms with E-state index in [2.05, 4.69) is 16.4 Å². The summed E-state index contributed by atoms with van der Waals surface area (Å²) in [4.78, 5) is 16.8. The molecule has 0 saturated heterocycles. The molecule has 134 valence electrons. The van der Waals surface area contributed by atoms with E-state index in [9.17, 15) is 4.79 Å². The van der Waals surface area contributed by atoms with Crippen molar-refractivity contribution in [2.24, 2.45) is 5.16 Å². The molecule has 0 bridgehead atoms. The molecule has 0 aliphatic heterocycles. The van der Waals surface area contributed by atoms with Gasteiger partial charge in [-0.2, -0.15) is 0 Å². The maximum atomic E-state index is 11.8. The minimum Gasteiger partial charge on any atom is -0.493 e. The molecular formula is C19H17ClN2O4. The van der Waals surface area contributed by atoms with E-state index in [1.54, 1.807) is 42.5 Å². The van der Waals surface area contributed by atoms with E-state index in [4.69, 9.17) is 32.3 Å². The number of nitrogens with one attached hydrogen (secondary N) is 1. The number of anilines is 1. The second-order valence-electron chi connectivity index (χ2n) is 4.97. The number of halogens is 1. The monoisotopic (exact) mass is 372 g/mol. The molecule has 0 fully saturated rings. The third-order valence-corrected chi connectivity index (χ3v) is 3.35. The van der Waals surface area contributed by atoms with Gasteiger partial charge in [0.15, 0.2) is 18.1 Å². The molecular weight excluding hydrogens is 356 g/mol. The van der Waals surface area contributed by atoms with Crippen molar-refractivity contribution in [1.29, 1.82) is 0 Å². The summed E-state index contributed by atoms with van der Waals surface area (Å²) < 4.78 is 10.6. The number of carbonyl (C=O) groups is 1. The molecule has 0 aromatic heterocycles. The number of nitrogens with zero attached hydrogens (tertiary/aromatic N) is 1. The third kappa shape index (κ3) is 6.04. The van der Waals surface area contributed by atoms with E-state index < -0.39 is 0 Å². The van der Waals surface area contributed by atoms with Gasteiger partial charge >= 0.3 is 0 Å². The summed E-state index contributed by atoms with van der Waals surface area (Å²) in [6.45, 7) is -0.0741. The molecule has 0 saturated carbocycles. The molecule has 1 amide bonds. The topological polar surface area (TPSA) is 69.2 Å². The first-order valence-corrected chi connectivity index (χ1v) is 7.95. The van der Waals surface area contributed by atoms with Crippen LogP contribution in [0.4, 0.5) is 5.69 Å². The van der Waals surface area contributed by atoms with Crippen LogP contribution in [0.2, 0.25) is 5.02 Å². The summed E-state index contributed by atoms with van der Waals surface area (Å²) >= 11 is 5.78. The SMILES string of the molecule is C#CCOc1ccc(/C=N/OCC(=O)Nc2ccc(Cl)cc2)cc1OC. The van der Waals surface area contributed by atoms with Crippen molar-refractivity contribution in [3.8, 4) is 23.8 Å². The van der Waals surface area contributed by atoms with Crippen LogP contribution in [0, 0.1) is 12.3 Å². The highest BCUT2D eigenvalue weighted by Crippen LogP contribution is 2.27. The number of rotatable bonds is 8. The summed E-state index contributed by atoms with van der Waals surface area (Å²) in [5.74, 6) is 3.10. The molecule has 0 radical (unpaired) electrons. The zero-order valence-corrected chi connectivity index (χ0v) is 14.8. The van der Waals surface area contributed by atoms with Gasteiger partial charge in [-0.25, -0.2) is 0 Å². The number of carbonyl (C=O) groups excluding carboxylic acids is 1. The molecule has 1 N–H and O–H groups in total. The molecule has 6 nitrogen and oxygen atoms in total. The Morgan fingerprint density at radius 1 is 1.27 bits per heavy atom. The lowest BCUT2D eigenvalue weighted by molar-refractivity contribution is -0.120. The Balaban J connectivity index is 1.85. The Bertz CT molecular complexity index is 813. The molecule has 0 spiro atoms. The highest BCUT2D eigenvalue weighted by atomic mass is 35.5. The number of methoxy groups -OCH3 is 1. The Hall–Kier alpha value is -3.17. The lowest BCUT2D eigenvalue weighted by Crippen LogP contribution is -2.16. The molecule has 26 heavy (non-hydrogen) atoms. The first kappa shape index (κ1) is 19.2. The maximum Gasteiger partial charge on any atom is 0.265 e. The van der Waals surface area contributed by atoms with Crippen LogP contribution >= 0.6 is 11.6 Å². The average Bonchev–Trinajstić information content (AvgIpc) is 2.65. The van der Waals surface area contributed by atoms with Crippen molar-refractivity contribution >= 4 is 29.4 Å². The smallest absolute Gasteiger partial charge is 0.265 e. The van der Waals surface area contributed by atoms with Crippen molar-refractivity contribution < 1.29 is 19.1 Å². The fourth-order valence-electron chi connectivity index (χ4n) is 1.93. The summed E-state index contributed by atoms with van der Waals surface area (Å²) in [7, 11) is 1.52. The van der Waals surface area contributed by atoms with Crippen molar-refractivity contribution in [1.82, 2.24) is 0 Å². The predicted octanol–water partition coefficient (Wildman–Crippen LogP) is 3.35. The van der Waals surface area contributed by atoms with E-state index in [-0.39, 0.29) is 19.1 Å². The molecule has 0 unspecified atom stereocenters. The van der Waals surface area contributed by atoms with Gasteiger partial charge in [0.2, 0.25) is 0 Å². The van der Waals surface area contributed by atoms with Gasteiger partial charge in [-0.3, -0.25) is 4.79 Å². The van der Waals surface area contributed by atoms with Gasteiger partial charge in [-0.15, -0.1) is 6.42 Å². The van der Waals surface area contributed by atoms with Crippen LogP contribution in [0.5, 0.6) is 11.5 Å². The van der Waals surface area contributed by atoms with Crippen molar-refractivity contribution in [3.63, 3.8) is 0 Å². The minimum atomic E-state index is -0.333.